The summed E-state index contributed by atoms with van der Waals surface area (Å²) in [6.45, 7) is 0.803. The van der Waals surface area contributed by atoms with Gasteiger partial charge in [-0.15, -0.1) is 0 Å². The third-order valence-corrected chi connectivity index (χ3v) is 3.65. The number of nitrogens with zero attached hydrogens (tertiary/aromatic N) is 1. The van der Waals surface area contributed by atoms with E-state index in [1.54, 1.807) is 0 Å². The highest BCUT2D eigenvalue weighted by Crippen LogP contribution is 2.38. The van der Waals surface area contributed by atoms with Crippen molar-refractivity contribution in [2.45, 2.75) is 37.5 Å². The topological polar surface area (TPSA) is 30.9 Å². The van der Waals surface area contributed by atoms with Crippen molar-refractivity contribution >= 4 is 0 Å². The molecule has 0 atom stereocenters. The van der Waals surface area contributed by atoms with Gasteiger partial charge < -0.3 is 10.3 Å². The molecule has 2 nitrogen and oxygen atoms in total. The van der Waals surface area contributed by atoms with Gasteiger partial charge in [0, 0.05) is 31.4 Å². The molecule has 2 heteroatoms. The molecule has 0 bridgehead atoms. The van der Waals surface area contributed by atoms with E-state index in [0.717, 1.165) is 6.54 Å². The molecule has 14 heavy (non-hydrogen) atoms. The summed E-state index contributed by atoms with van der Waals surface area (Å²) in [6.07, 6.45) is 11.0. The predicted molar refractivity (Wildman–Crippen MR) is 59.2 cm³/mol. The van der Waals surface area contributed by atoms with Crippen molar-refractivity contribution in [3.05, 3.63) is 24.0 Å². The Labute approximate surface area is 86.1 Å². The van der Waals surface area contributed by atoms with E-state index in [1.165, 1.54) is 37.7 Å². The molecule has 1 aromatic heterocycles. The summed E-state index contributed by atoms with van der Waals surface area (Å²) in [6, 6.07) is 2.23. The van der Waals surface area contributed by atoms with Crippen molar-refractivity contribution in [3.8, 4) is 0 Å². The van der Waals surface area contributed by atoms with E-state index >= 15 is 0 Å². The Bertz CT molecular complexity index is 295. The Morgan fingerprint density at radius 3 is 2.57 bits per heavy atom. The standard InChI is InChI=1S/C12H20N2/c1-14-8-5-11(9-14)12(10-13)6-3-2-4-7-12/h5,8-9H,2-4,6-7,10,13H2,1H3. The van der Waals surface area contributed by atoms with Crippen LogP contribution in [-0.2, 0) is 12.5 Å². The number of nitrogens with two attached hydrogens (primary N) is 1. The highest BCUT2D eigenvalue weighted by molar-refractivity contribution is 5.24. The van der Waals surface area contributed by atoms with Gasteiger partial charge in [0.2, 0.25) is 0 Å². The largest absolute Gasteiger partial charge is 0.357 e. The molecule has 0 aromatic carbocycles. The van der Waals surface area contributed by atoms with Gasteiger partial charge in [0.05, 0.1) is 0 Å². The molecule has 1 saturated carbocycles. The zero-order valence-corrected chi connectivity index (χ0v) is 9.00. The Morgan fingerprint density at radius 2 is 2.07 bits per heavy atom. The minimum atomic E-state index is 0.291. The summed E-state index contributed by atoms with van der Waals surface area (Å²) in [5, 5.41) is 0. The van der Waals surface area contributed by atoms with Gasteiger partial charge in [-0.2, -0.15) is 0 Å². The molecule has 78 valence electrons. The second-order valence-corrected chi connectivity index (χ2v) is 4.61. The molecule has 0 aliphatic heterocycles. The summed E-state index contributed by atoms with van der Waals surface area (Å²) in [5.74, 6) is 0. The highest BCUT2D eigenvalue weighted by Gasteiger charge is 2.32. The Hall–Kier alpha value is -0.760. The third-order valence-electron chi connectivity index (χ3n) is 3.65. The van der Waals surface area contributed by atoms with Gasteiger partial charge in [0.15, 0.2) is 0 Å². The molecule has 2 rings (SSSR count). The first-order valence-corrected chi connectivity index (χ1v) is 5.59. The van der Waals surface area contributed by atoms with Crippen molar-refractivity contribution < 1.29 is 0 Å². The second kappa shape index (κ2) is 3.77. The van der Waals surface area contributed by atoms with Crippen LogP contribution in [0.4, 0.5) is 0 Å². The van der Waals surface area contributed by atoms with Gasteiger partial charge in [-0.3, -0.25) is 0 Å². The number of aryl methyl sites for hydroxylation is 1. The maximum atomic E-state index is 5.97. The summed E-state index contributed by atoms with van der Waals surface area (Å²) < 4.78 is 2.13. The van der Waals surface area contributed by atoms with Gasteiger partial charge in [-0.1, -0.05) is 19.3 Å². The van der Waals surface area contributed by atoms with Gasteiger partial charge in [0.1, 0.15) is 0 Å². The molecule has 0 unspecified atom stereocenters. The van der Waals surface area contributed by atoms with E-state index in [1.807, 2.05) is 0 Å². The third kappa shape index (κ3) is 1.59. The minimum Gasteiger partial charge on any atom is -0.357 e. The molecular weight excluding hydrogens is 172 g/mol. The molecule has 0 spiro atoms. The first-order valence-electron chi connectivity index (χ1n) is 5.59. The summed E-state index contributed by atoms with van der Waals surface area (Å²) in [7, 11) is 2.08. The lowest BCUT2D eigenvalue weighted by atomic mass is 9.70. The quantitative estimate of drug-likeness (QED) is 0.765. The molecular formula is C12H20N2. The Kier molecular flexibility index (Phi) is 2.64. The fourth-order valence-corrected chi connectivity index (χ4v) is 2.66. The van der Waals surface area contributed by atoms with Gasteiger partial charge in [-0.25, -0.2) is 0 Å². The van der Waals surface area contributed by atoms with Crippen LogP contribution in [0.2, 0.25) is 0 Å². The molecule has 1 aliphatic carbocycles. The molecule has 2 N–H and O–H groups in total. The number of hydrogen-bond donors (Lipinski definition) is 1. The molecule has 0 radical (unpaired) electrons. The van der Waals surface area contributed by atoms with Crippen LogP contribution in [0.3, 0.4) is 0 Å². The van der Waals surface area contributed by atoms with Crippen LogP contribution in [0.15, 0.2) is 18.5 Å². The zero-order valence-electron chi connectivity index (χ0n) is 9.00. The molecule has 0 saturated heterocycles. The maximum Gasteiger partial charge on any atom is 0.0106 e. The maximum absolute atomic E-state index is 5.97. The fourth-order valence-electron chi connectivity index (χ4n) is 2.66. The first kappa shape index (κ1) is 9.78. The van der Waals surface area contributed by atoms with Crippen LogP contribution < -0.4 is 5.73 Å². The average Bonchev–Trinajstić information content (AvgIpc) is 2.66. The highest BCUT2D eigenvalue weighted by atomic mass is 14.9. The van der Waals surface area contributed by atoms with Crippen molar-refractivity contribution in [2.75, 3.05) is 6.54 Å². The average molecular weight is 192 g/mol. The van der Waals surface area contributed by atoms with E-state index in [9.17, 15) is 0 Å². The molecule has 0 amide bonds. The Balaban J connectivity index is 2.26. The molecule has 1 aromatic rings. The fraction of sp³-hybridized carbons (Fsp3) is 0.667. The minimum absolute atomic E-state index is 0.291. The SMILES string of the molecule is Cn1ccc(C2(CN)CCCCC2)c1. The summed E-state index contributed by atoms with van der Waals surface area (Å²) in [4.78, 5) is 0. The van der Waals surface area contributed by atoms with Crippen LogP contribution in [0, 0.1) is 0 Å². The summed E-state index contributed by atoms with van der Waals surface area (Å²) >= 11 is 0. The van der Waals surface area contributed by atoms with Crippen LogP contribution in [0.5, 0.6) is 0 Å². The van der Waals surface area contributed by atoms with Crippen LogP contribution in [0.1, 0.15) is 37.7 Å². The molecule has 1 fully saturated rings. The first-order chi connectivity index (χ1) is 6.77. The lowest BCUT2D eigenvalue weighted by molar-refractivity contribution is 0.301. The van der Waals surface area contributed by atoms with Crippen LogP contribution >= 0.6 is 0 Å². The van der Waals surface area contributed by atoms with Crippen molar-refractivity contribution in [1.29, 1.82) is 0 Å². The smallest absolute Gasteiger partial charge is 0.0106 e. The molecule has 1 heterocycles. The van der Waals surface area contributed by atoms with Crippen molar-refractivity contribution in [1.82, 2.24) is 4.57 Å². The zero-order chi connectivity index (χ0) is 10.0. The van der Waals surface area contributed by atoms with Gasteiger partial charge in [-0.05, 0) is 24.5 Å². The van der Waals surface area contributed by atoms with Gasteiger partial charge in [0.25, 0.3) is 0 Å². The normalized spacial score (nSPS) is 21.0. The van der Waals surface area contributed by atoms with E-state index in [0.29, 0.717) is 5.41 Å². The van der Waals surface area contributed by atoms with E-state index in [4.69, 9.17) is 5.73 Å². The van der Waals surface area contributed by atoms with Crippen molar-refractivity contribution in [3.63, 3.8) is 0 Å². The van der Waals surface area contributed by atoms with E-state index in [-0.39, 0.29) is 0 Å². The Morgan fingerprint density at radius 1 is 1.36 bits per heavy atom. The van der Waals surface area contributed by atoms with Crippen molar-refractivity contribution in [2.24, 2.45) is 12.8 Å². The molecule has 1 aliphatic rings. The predicted octanol–water partition coefficient (Wildman–Crippen LogP) is 2.19. The monoisotopic (exact) mass is 192 g/mol. The number of aromatic nitrogens is 1. The van der Waals surface area contributed by atoms with E-state index in [2.05, 4.69) is 30.1 Å². The van der Waals surface area contributed by atoms with Gasteiger partial charge >= 0.3 is 0 Å². The number of rotatable bonds is 2. The lowest BCUT2D eigenvalue weighted by Crippen LogP contribution is -2.36. The number of hydrogen-bond acceptors (Lipinski definition) is 1. The second-order valence-electron chi connectivity index (χ2n) is 4.61. The van der Waals surface area contributed by atoms with E-state index < -0.39 is 0 Å². The lowest BCUT2D eigenvalue weighted by Gasteiger charge is -2.35. The van der Waals surface area contributed by atoms with Crippen LogP contribution in [-0.4, -0.2) is 11.1 Å². The summed E-state index contributed by atoms with van der Waals surface area (Å²) in [5.41, 5.74) is 7.71. The van der Waals surface area contributed by atoms with Crippen LogP contribution in [0.25, 0.3) is 0 Å².